The van der Waals surface area contributed by atoms with Gasteiger partial charge in [-0.3, -0.25) is 29.7 Å². The molecule has 1 aromatic heterocycles. The van der Waals surface area contributed by atoms with Crippen LogP contribution in [-0.4, -0.2) is 40.7 Å². The first-order valence-electron chi connectivity index (χ1n) is 12.5. The first-order chi connectivity index (χ1) is 20.3. The Balaban J connectivity index is 1.30. The van der Waals surface area contributed by atoms with E-state index in [0.717, 1.165) is 17.4 Å². The molecule has 0 radical (unpaired) electrons. The number of thioether (sulfide) groups is 1. The van der Waals surface area contributed by atoms with Crippen LogP contribution in [-0.2, 0) is 14.8 Å². The summed E-state index contributed by atoms with van der Waals surface area (Å²) in [5.74, 6) is -0.472. The largest absolute Gasteiger partial charge is 0.280 e. The first kappa shape index (κ1) is 28.9. The van der Waals surface area contributed by atoms with Crippen LogP contribution >= 0.6 is 23.4 Å². The van der Waals surface area contributed by atoms with E-state index in [-0.39, 0.29) is 10.6 Å². The average molecular weight is 619 g/mol. The summed E-state index contributed by atoms with van der Waals surface area (Å²) in [5, 5.41) is 9.60. The zero-order valence-electron chi connectivity index (χ0n) is 21.8. The standard InChI is InChI=1S/C29H23ClN6O4S2/c30-22-15-11-21(12-16-22)28(38)33-31-26(37)19-41-29-34-32-27(36(29)24-7-3-1-4-8-24)20-13-17-23(18-14-20)35-42(39,40)25-9-5-2-6-10-25/h1-18,35H,19H2,(H,31,37)(H,33,38). The van der Waals surface area contributed by atoms with Crippen molar-refractivity contribution in [1.82, 2.24) is 25.6 Å². The molecule has 212 valence electrons. The van der Waals surface area contributed by atoms with E-state index in [9.17, 15) is 18.0 Å². The lowest BCUT2D eigenvalue weighted by atomic mass is 10.2. The fraction of sp³-hybridized carbons (Fsp3) is 0.0345. The van der Waals surface area contributed by atoms with Crippen LogP contribution in [0.3, 0.4) is 0 Å². The van der Waals surface area contributed by atoms with E-state index in [0.29, 0.717) is 32.8 Å². The van der Waals surface area contributed by atoms with E-state index in [1.165, 1.54) is 12.1 Å². The van der Waals surface area contributed by atoms with E-state index >= 15 is 0 Å². The van der Waals surface area contributed by atoms with Gasteiger partial charge in [-0.2, -0.15) is 0 Å². The number of para-hydroxylation sites is 1. The van der Waals surface area contributed by atoms with Crippen molar-refractivity contribution in [2.24, 2.45) is 0 Å². The van der Waals surface area contributed by atoms with E-state index in [1.54, 1.807) is 71.3 Å². The number of anilines is 1. The molecular formula is C29H23ClN6O4S2. The highest BCUT2D eigenvalue weighted by molar-refractivity contribution is 7.99. The highest BCUT2D eigenvalue weighted by Gasteiger charge is 2.19. The summed E-state index contributed by atoms with van der Waals surface area (Å²) in [7, 11) is -3.74. The normalized spacial score (nSPS) is 11.1. The number of hydrogen-bond acceptors (Lipinski definition) is 7. The number of halogens is 1. The number of carbonyl (C=O) groups is 2. The average Bonchev–Trinajstić information content (AvgIpc) is 3.44. The van der Waals surface area contributed by atoms with Crippen molar-refractivity contribution >= 4 is 50.9 Å². The first-order valence-corrected chi connectivity index (χ1v) is 15.3. The highest BCUT2D eigenvalue weighted by atomic mass is 35.5. The minimum atomic E-state index is -3.74. The Labute approximate surface area is 251 Å². The topological polar surface area (TPSA) is 135 Å². The smallest absolute Gasteiger partial charge is 0.269 e. The molecule has 0 aliphatic carbocycles. The minimum Gasteiger partial charge on any atom is -0.280 e. The number of benzene rings is 4. The van der Waals surface area contributed by atoms with E-state index in [2.05, 4.69) is 25.8 Å². The summed E-state index contributed by atoms with van der Waals surface area (Å²) in [6, 6.07) is 30.5. The van der Waals surface area contributed by atoms with Gasteiger partial charge in [0, 0.05) is 27.5 Å². The van der Waals surface area contributed by atoms with Crippen molar-refractivity contribution in [2.45, 2.75) is 10.1 Å². The SMILES string of the molecule is O=C(CSc1nnc(-c2ccc(NS(=O)(=O)c3ccccc3)cc2)n1-c1ccccc1)NNC(=O)c1ccc(Cl)cc1. The van der Waals surface area contributed by atoms with Crippen LogP contribution in [0.1, 0.15) is 10.4 Å². The van der Waals surface area contributed by atoms with E-state index in [4.69, 9.17) is 11.6 Å². The molecule has 0 saturated carbocycles. The number of hydrazine groups is 1. The summed E-state index contributed by atoms with van der Waals surface area (Å²) in [4.78, 5) is 24.9. The molecule has 0 bridgehead atoms. The van der Waals surface area contributed by atoms with E-state index < -0.39 is 21.8 Å². The zero-order chi connectivity index (χ0) is 29.5. The number of carbonyl (C=O) groups excluding carboxylic acids is 2. The van der Waals surface area contributed by atoms with Crippen molar-refractivity contribution in [3.63, 3.8) is 0 Å². The van der Waals surface area contributed by atoms with Gasteiger partial charge in [0.05, 0.1) is 10.6 Å². The van der Waals surface area contributed by atoms with Gasteiger partial charge >= 0.3 is 0 Å². The molecule has 10 nitrogen and oxygen atoms in total. The van der Waals surface area contributed by atoms with Crippen LogP contribution in [0.25, 0.3) is 17.1 Å². The lowest BCUT2D eigenvalue weighted by Crippen LogP contribution is -2.42. The Hall–Kier alpha value is -4.65. The van der Waals surface area contributed by atoms with Crippen molar-refractivity contribution in [3.05, 3.63) is 120 Å². The minimum absolute atomic E-state index is 0.0495. The van der Waals surface area contributed by atoms with Gasteiger partial charge in [-0.05, 0) is 72.8 Å². The quantitative estimate of drug-likeness (QED) is 0.157. The van der Waals surface area contributed by atoms with Crippen LogP contribution in [0.4, 0.5) is 5.69 Å². The van der Waals surface area contributed by atoms with Gasteiger partial charge < -0.3 is 0 Å². The summed E-state index contributed by atoms with van der Waals surface area (Å²) in [6.45, 7) is 0. The Morgan fingerprint density at radius 1 is 0.786 bits per heavy atom. The molecule has 5 rings (SSSR count). The molecule has 0 aliphatic heterocycles. The molecule has 5 aromatic rings. The molecule has 3 N–H and O–H groups in total. The molecule has 1 heterocycles. The summed E-state index contributed by atoms with van der Waals surface area (Å²) < 4.78 is 29.8. The monoisotopic (exact) mass is 618 g/mol. The Morgan fingerprint density at radius 2 is 1.43 bits per heavy atom. The fourth-order valence-corrected chi connectivity index (χ4v) is 5.78. The maximum atomic E-state index is 12.7. The van der Waals surface area contributed by atoms with Gasteiger partial charge in [0.15, 0.2) is 11.0 Å². The Bertz CT molecular complexity index is 1800. The lowest BCUT2D eigenvalue weighted by molar-refractivity contribution is -0.119. The summed E-state index contributed by atoms with van der Waals surface area (Å²) >= 11 is 6.99. The predicted octanol–water partition coefficient (Wildman–Crippen LogP) is 4.94. The zero-order valence-corrected chi connectivity index (χ0v) is 24.2. The lowest BCUT2D eigenvalue weighted by Gasteiger charge is -2.12. The third kappa shape index (κ3) is 6.97. The fourth-order valence-electron chi connectivity index (χ4n) is 3.83. The molecule has 0 fully saturated rings. The molecular weight excluding hydrogens is 596 g/mol. The number of aromatic nitrogens is 3. The van der Waals surface area contributed by atoms with Crippen molar-refractivity contribution in [2.75, 3.05) is 10.5 Å². The molecule has 0 spiro atoms. The number of nitrogens with one attached hydrogen (secondary N) is 3. The van der Waals surface area contributed by atoms with Crippen LogP contribution in [0.15, 0.2) is 119 Å². The molecule has 2 amide bonds. The third-order valence-electron chi connectivity index (χ3n) is 5.85. The maximum absolute atomic E-state index is 12.7. The van der Waals surface area contributed by atoms with Crippen LogP contribution < -0.4 is 15.6 Å². The van der Waals surface area contributed by atoms with Crippen LogP contribution in [0.5, 0.6) is 0 Å². The number of sulfonamides is 1. The maximum Gasteiger partial charge on any atom is 0.269 e. The number of rotatable bonds is 9. The second-order valence-corrected chi connectivity index (χ2v) is 11.8. The third-order valence-corrected chi connectivity index (χ3v) is 8.43. The van der Waals surface area contributed by atoms with Crippen molar-refractivity contribution in [3.8, 4) is 17.1 Å². The van der Waals surface area contributed by atoms with Gasteiger partial charge in [-0.25, -0.2) is 8.42 Å². The van der Waals surface area contributed by atoms with Gasteiger partial charge in [0.2, 0.25) is 5.91 Å². The molecule has 42 heavy (non-hydrogen) atoms. The molecule has 0 aliphatic rings. The second-order valence-electron chi connectivity index (χ2n) is 8.77. The van der Waals surface area contributed by atoms with Crippen LogP contribution in [0, 0.1) is 0 Å². The highest BCUT2D eigenvalue weighted by Crippen LogP contribution is 2.29. The number of amides is 2. The molecule has 4 aromatic carbocycles. The van der Waals surface area contributed by atoms with Gasteiger partial charge in [0.1, 0.15) is 0 Å². The Kier molecular flexibility index (Phi) is 8.86. The number of nitrogens with zero attached hydrogens (tertiary/aromatic N) is 3. The van der Waals surface area contributed by atoms with Gasteiger partial charge in [-0.15, -0.1) is 10.2 Å². The molecule has 0 unspecified atom stereocenters. The summed E-state index contributed by atoms with van der Waals surface area (Å²) in [5.41, 5.74) is 6.96. The predicted molar refractivity (Wildman–Crippen MR) is 162 cm³/mol. The van der Waals surface area contributed by atoms with Crippen LogP contribution in [0.2, 0.25) is 5.02 Å². The number of hydrogen-bond donors (Lipinski definition) is 3. The van der Waals surface area contributed by atoms with Crippen molar-refractivity contribution < 1.29 is 18.0 Å². The Morgan fingerprint density at radius 3 is 2.10 bits per heavy atom. The van der Waals surface area contributed by atoms with Gasteiger partial charge in [-0.1, -0.05) is 59.8 Å². The molecule has 0 saturated heterocycles. The van der Waals surface area contributed by atoms with Gasteiger partial charge in [0.25, 0.3) is 15.9 Å². The van der Waals surface area contributed by atoms with Crippen molar-refractivity contribution in [1.29, 1.82) is 0 Å². The summed E-state index contributed by atoms with van der Waals surface area (Å²) in [6.07, 6.45) is 0. The molecule has 0 atom stereocenters. The molecule has 13 heteroatoms. The second kappa shape index (κ2) is 12.9. The van der Waals surface area contributed by atoms with E-state index in [1.807, 2.05) is 30.3 Å².